The Morgan fingerprint density at radius 1 is 1.43 bits per heavy atom. The summed E-state index contributed by atoms with van der Waals surface area (Å²) < 4.78 is 7.12. The highest BCUT2D eigenvalue weighted by molar-refractivity contribution is 5.83. The van der Waals surface area contributed by atoms with Crippen molar-refractivity contribution in [2.24, 2.45) is 0 Å². The summed E-state index contributed by atoms with van der Waals surface area (Å²) in [5, 5.41) is 0.789. The minimum absolute atomic E-state index is 0.0615. The predicted octanol–water partition coefficient (Wildman–Crippen LogP) is 1.03. The number of pyridine rings is 1. The fourth-order valence-electron chi connectivity index (χ4n) is 3.02. The van der Waals surface area contributed by atoms with Crippen LogP contribution < -0.4 is 11.3 Å². The summed E-state index contributed by atoms with van der Waals surface area (Å²) >= 11 is 0. The highest BCUT2D eigenvalue weighted by Gasteiger charge is 2.24. The Balaban J connectivity index is 2.10. The number of nitrogens with two attached hydrogens (primary N) is 1. The third kappa shape index (κ3) is 2.18. The van der Waals surface area contributed by atoms with Crippen LogP contribution in [0.1, 0.15) is 18.2 Å². The number of fused-ring (bicyclic) bond motifs is 1. The molecule has 1 saturated heterocycles. The molecule has 3 aromatic heterocycles. The zero-order valence-corrected chi connectivity index (χ0v) is 12.6. The maximum absolute atomic E-state index is 13.0. The van der Waals surface area contributed by atoms with E-state index in [1.165, 1.54) is 0 Å². The molecule has 0 saturated carbocycles. The fraction of sp³-hybridized carbons (Fsp3) is 0.333. The number of H-pyrrole nitrogens is 1. The van der Waals surface area contributed by atoms with Gasteiger partial charge in [-0.15, -0.1) is 0 Å². The lowest BCUT2D eigenvalue weighted by molar-refractivity contribution is 0.186. The molecule has 0 spiro atoms. The van der Waals surface area contributed by atoms with E-state index in [-0.39, 0.29) is 17.5 Å². The standard InChI is InChI=1S/C15H16N6O2/c1-8-10-6-11(12-17-3-4-18-12)14(22)21(9-2-5-23-7-9)13(10)20-15(16)19-8/h3-4,6,9H,2,5,7H2,1H3,(H,17,18)(H2,16,19,20). The smallest absolute Gasteiger partial charge is 0.263 e. The highest BCUT2D eigenvalue weighted by Crippen LogP contribution is 2.26. The Morgan fingerprint density at radius 3 is 3.00 bits per heavy atom. The monoisotopic (exact) mass is 312 g/mol. The molecule has 8 heteroatoms. The average Bonchev–Trinajstić information content (AvgIpc) is 3.20. The number of ether oxygens (including phenoxy) is 1. The van der Waals surface area contributed by atoms with Gasteiger partial charge in [0, 0.05) is 24.4 Å². The summed E-state index contributed by atoms with van der Waals surface area (Å²) in [6, 6.07) is 1.71. The van der Waals surface area contributed by atoms with Crippen molar-refractivity contribution in [3.05, 3.63) is 34.5 Å². The molecule has 23 heavy (non-hydrogen) atoms. The van der Waals surface area contributed by atoms with E-state index in [2.05, 4.69) is 19.9 Å². The van der Waals surface area contributed by atoms with E-state index < -0.39 is 0 Å². The molecule has 4 heterocycles. The summed E-state index contributed by atoms with van der Waals surface area (Å²) in [6.45, 7) is 2.97. The maximum atomic E-state index is 13.0. The van der Waals surface area contributed by atoms with Gasteiger partial charge in [-0.2, -0.15) is 4.98 Å². The van der Waals surface area contributed by atoms with Crippen molar-refractivity contribution in [2.75, 3.05) is 18.9 Å². The van der Waals surface area contributed by atoms with Gasteiger partial charge >= 0.3 is 0 Å². The minimum Gasteiger partial charge on any atom is -0.379 e. The fourth-order valence-corrected chi connectivity index (χ4v) is 3.02. The lowest BCUT2D eigenvalue weighted by Gasteiger charge is -2.17. The Hall–Kier alpha value is -2.74. The number of nitrogens with zero attached hydrogens (tertiary/aromatic N) is 4. The van der Waals surface area contributed by atoms with Crippen LogP contribution in [0.25, 0.3) is 22.4 Å². The van der Waals surface area contributed by atoms with Crippen LogP contribution in [0.3, 0.4) is 0 Å². The van der Waals surface area contributed by atoms with Crippen LogP contribution in [-0.2, 0) is 4.74 Å². The molecule has 118 valence electrons. The van der Waals surface area contributed by atoms with E-state index in [1.54, 1.807) is 23.0 Å². The molecule has 1 aliphatic heterocycles. The van der Waals surface area contributed by atoms with Crippen molar-refractivity contribution in [3.63, 3.8) is 0 Å². The van der Waals surface area contributed by atoms with Gasteiger partial charge in [-0.25, -0.2) is 9.97 Å². The van der Waals surface area contributed by atoms with Gasteiger partial charge in [0.15, 0.2) is 0 Å². The minimum atomic E-state index is -0.152. The Bertz CT molecular complexity index is 925. The first-order valence-corrected chi connectivity index (χ1v) is 7.42. The molecule has 0 aliphatic carbocycles. The van der Waals surface area contributed by atoms with Gasteiger partial charge in [-0.05, 0) is 19.4 Å². The zero-order chi connectivity index (χ0) is 16.0. The number of rotatable bonds is 2. The summed E-state index contributed by atoms with van der Waals surface area (Å²) in [5.74, 6) is 0.689. The summed E-state index contributed by atoms with van der Waals surface area (Å²) in [7, 11) is 0. The van der Waals surface area contributed by atoms with Crippen LogP contribution >= 0.6 is 0 Å². The molecule has 3 aromatic rings. The predicted molar refractivity (Wildman–Crippen MR) is 85.0 cm³/mol. The first-order valence-electron chi connectivity index (χ1n) is 7.42. The zero-order valence-electron chi connectivity index (χ0n) is 12.6. The topological polar surface area (TPSA) is 112 Å². The Kier molecular flexibility index (Phi) is 3.12. The van der Waals surface area contributed by atoms with Gasteiger partial charge in [0.2, 0.25) is 5.95 Å². The Morgan fingerprint density at radius 2 is 2.30 bits per heavy atom. The molecule has 8 nitrogen and oxygen atoms in total. The molecule has 0 aromatic carbocycles. The molecule has 1 fully saturated rings. The summed E-state index contributed by atoms with van der Waals surface area (Å²) in [4.78, 5) is 28.7. The normalized spacial score (nSPS) is 17.9. The number of imidazole rings is 1. The van der Waals surface area contributed by atoms with E-state index in [9.17, 15) is 4.79 Å². The highest BCUT2D eigenvalue weighted by atomic mass is 16.5. The van der Waals surface area contributed by atoms with E-state index in [1.807, 2.05) is 6.92 Å². The third-order valence-electron chi connectivity index (χ3n) is 4.12. The van der Waals surface area contributed by atoms with Gasteiger partial charge in [0.05, 0.1) is 23.9 Å². The average molecular weight is 312 g/mol. The Labute approximate surface area is 131 Å². The second-order valence-corrected chi connectivity index (χ2v) is 5.59. The maximum Gasteiger partial charge on any atom is 0.263 e. The molecule has 4 rings (SSSR count). The number of nitrogens with one attached hydrogen (secondary N) is 1. The lowest BCUT2D eigenvalue weighted by atomic mass is 10.1. The van der Waals surface area contributed by atoms with Gasteiger partial charge in [0.1, 0.15) is 11.5 Å². The summed E-state index contributed by atoms with van der Waals surface area (Å²) in [6.07, 6.45) is 4.07. The van der Waals surface area contributed by atoms with Gasteiger partial charge in [0.25, 0.3) is 5.56 Å². The molecular weight excluding hydrogens is 296 g/mol. The van der Waals surface area contributed by atoms with Crippen molar-refractivity contribution in [3.8, 4) is 11.4 Å². The van der Waals surface area contributed by atoms with E-state index in [4.69, 9.17) is 10.5 Å². The third-order valence-corrected chi connectivity index (χ3v) is 4.12. The summed E-state index contributed by atoms with van der Waals surface area (Å²) in [5.41, 5.74) is 7.40. The number of anilines is 1. The van der Waals surface area contributed by atoms with Crippen LogP contribution in [0.2, 0.25) is 0 Å². The van der Waals surface area contributed by atoms with Crippen molar-refractivity contribution < 1.29 is 4.74 Å². The molecule has 1 aliphatic rings. The number of hydrogen-bond acceptors (Lipinski definition) is 6. The number of aromatic amines is 1. The number of aryl methyl sites for hydroxylation is 1. The molecule has 0 amide bonds. The van der Waals surface area contributed by atoms with Crippen LogP contribution in [0.5, 0.6) is 0 Å². The quantitative estimate of drug-likeness (QED) is 0.731. The second-order valence-electron chi connectivity index (χ2n) is 5.59. The molecule has 0 bridgehead atoms. The molecule has 1 atom stereocenters. The number of aromatic nitrogens is 5. The first-order chi connectivity index (χ1) is 11.1. The van der Waals surface area contributed by atoms with Crippen LogP contribution in [0.15, 0.2) is 23.3 Å². The first kappa shape index (κ1) is 13.9. The van der Waals surface area contributed by atoms with E-state index in [0.717, 1.165) is 17.5 Å². The molecule has 0 radical (unpaired) electrons. The lowest BCUT2D eigenvalue weighted by Crippen LogP contribution is -2.28. The second kappa shape index (κ2) is 5.17. The SMILES string of the molecule is Cc1nc(N)nc2c1cc(-c1ncc[nH]1)c(=O)n2C1CCOC1. The van der Waals surface area contributed by atoms with Gasteiger partial charge < -0.3 is 15.5 Å². The van der Waals surface area contributed by atoms with Gasteiger partial charge in [-0.1, -0.05) is 0 Å². The van der Waals surface area contributed by atoms with Crippen molar-refractivity contribution >= 4 is 17.0 Å². The van der Waals surface area contributed by atoms with Crippen molar-refractivity contribution in [1.82, 2.24) is 24.5 Å². The largest absolute Gasteiger partial charge is 0.379 e. The molecule has 1 unspecified atom stereocenters. The van der Waals surface area contributed by atoms with Crippen molar-refractivity contribution in [1.29, 1.82) is 0 Å². The van der Waals surface area contributed by atoms with E-state index >= 15 is 0 Å². The van der Waals surface area contributed by atoms with Crippen LogP contribution in [0.4, 0.5) is 5.95 Å². The molecular formula is C15H16N6O2. The van der Waals surface area contributed by atoms with Gasteiger partial charge in [-0.3, -0.25) is 9.36 Å². The number of nitrogen functional groups attached to an aromatic ring is 1. The molecule has 3 N–H and O–H groups in total. The van der Waals surface area contributed by atoms with Crippen molar-refractivity contribution in [2.45, 2.75) is 19.4 Å². The van der Waals surface area contributed by atoms with E-state index in [0.29, 0.717) is 30.2 Å². The van der Waals surface area contributed by atoms with Crippen LogP contribution in [-0.4, -0.2) is 37.7 Å². The van der Waals surface area contributed by atoms with Crippen LogP contribution in [0, 0.1) is 6.92 Å². The number of hydrogen-bond donors (Lipinski definition) is 2.